The van der Waals surface area contributed by atoms with E-state index in [0.717, 1.165) is 39.3 Å². The van der Waals surface area contributed by atoms with Crippen molar-refractivity contribution in [3.8, 4) is 0 Å². The summed E-state index contributed by atoms with van der Waals surface area (Å²) in [6.07, 6.45) is 3.50. The maximum atomic E-state index is 11.9. The molecule has 0 bridgehead atoms. The van der Waals surface area contributed by atoms with E-state index in [4.69, 9.17) is 0 Å². The fourth-order valence-electron chi connectivity index (χ4n) is 2.00. The van der Waals surface area contributed by atoms with Gasteiger partial charge in [0.2, 0.25) is 5.91 Å². The predicted octanol–water partition coefficient (Wildman–Crippen LogP) is -0.753. The number of aromatic nitrogens is 2. The fourth-order valence-corrected chi connectivity index (χ4v) is 2.00. The summed E-state index contributed by atoms with van der Waals surface area (Å²) >= 11 is 0. The molecular formula is C12H21N5O. The Hall–Kier alpha value is -1.40. The van der Waals surface area contributed by atoms with Gasteiger partial charge < -0.3 is 10.2 Å². The molecule has 0 aromatic carbocycles. The topological polar surface area (TPSA) is 53.4 Å². The van der Waals surface area contributed by atoms with Crippen LogP contribution in [0.5, 0.6) is 0 Å². The zero-order chi connectivity index (χ0) is 12.8. The minimum atomic E-state index is 0.105. The van der Waals surface area contributed by atoms with Crippen molar-refractivity contribution in [2.75, 3.05) is 46.3 Å². The SMILES string of the molecule is CN(CCN1CCNCC1)C(=O)Cn1cccn1. The predicted molar refractivity (Wildman–Crippen MR) is 69.2 cm³/mol. The lowest BCUT2D eigenvalue weighted by Crippen LogP contribution is -2.46. The number of amides is 1. The molecular weight excluding hydrogens is 230 g/mol. The first-order chi connectivity index (χ1) is 8.75. The average molecular weight is 251 g/mol. The summed E-state index contributed by atoms with van der Waals surface area (Å²) in [5.41, 5.74) is 0. The largest absolute Gasteiger partial charge is 0.343 e. The number of piperazine rings is 1. The van der Waals surface area contributed by atoms with Gasteiger partial charge in [-0.05, 0) is 6.07 Å². The van der Waals surface area contributed by atoms with E-state index in [-0.39, 0.29) is 5.91 Å². The molecule has 6 heteroatoms. The summed E-state index contributed by atoms with van der Waals surface area (Å²) in [6, 6.07) is 1.83. The highest BCUT2D eigenvalue weighted by Gasteiger charge is 2.13. The molecule has 0 saturated carbocycles. The van der Waals surface area contributed by atoms with E-state index in [9.17, 15) is 4.79 Å². The van der Waals surface area contributed by atoms with Gasteiger partial charge in [0.05, 0.1) is 0 Å². The lowest BCUT2D eigenvalue weighted by molar-refractivity contribution is -0.130. The quantitative estimate of drug-likeness (QED) is 0.748. The van der Waals surface area contributed by atoms with E-state index in [2.05, 4.69) is 15.3 Å². The van der Waals surface area contributed by atoms with E-state index in [1.165, 1.54) is 0 Å². The standard InChI is InChI=1S/C12H21N5O/c1-15(9-10-16-7-4-13-5-8-16)12(18)11-17-6-2-3-14-17/h2-3,6,13H,4-5,7-11H2,1H3. The van der Waals surface area contributed by atoms with E-state index in [0.29, 0.717) is 6.54 Å². The molecule has 0 radical (unpaired) electrons. The Labute approximate surface area is 108 Å². The number of rotatable bonds is 5. The first-order valence-electron chi connectivity index (χ1n) is 6.40. The minimum Gasteiger partial charge on any atom is -0.343 e. The number of hydrogen-bond acceptors (Lipinski definition) is 4. The van der Waals surface area contributed by atoms with Gasteiger partial charge in [0.25, 0.3) is 0 Å². The molecule has 1 aromatic rings. The zero-order valence-electron chi connectivity index (χ0n) is 10.9. The number of nitrogens with zero attached hydrogens (tertiary/aromatic N) is 4. The van der Waals surface area contributed by atoms with Crippen LogP contribution in [0.3, 0.4) is 0 Å². The van der Waals surface area contributed by atoms with Crippen molar-refractivity contribution < 1.29 is 4.79 Å². The number of nitrogens with one attached hydrogen (secondary N) is 1. The van der Waals surface area contributed by atoms with Gasteiger partial charge in [-0.15, -0.1) is 0 Å². The van der Waals surface area contributed by atoms with Crippen LogP contribution in [0.25, 0.3) is 0 Å². The van der Waals surface area contributed by atoms with Gasteiger partial charge in [-0.1, -0.05) is 0 Å². The maximum absolute atomic E-state index is 11.9. The number of carbonyl (C=O) groups excluding carboxylic acids is 1. The maximum Gasteiger partial charge on any atom is 0.244 e. The molecule has 0 aliphatic carbocycles. The van der Waals surface area contributed by atoms with Gasteiger partial charge in [-0.2, -0.15) is 5.10 Å². The van der Waals surface area contributed by atoms with Gasteiger partial charge in [0.15, 0.2) is 0 Å². The Bertz CT molecular complexity index is 359. The van der Waals surface area contributed by atoms with Crippen LogP contribution in [0.1, 0.15) is 0 Å². The summed E-state index contributed by atoms with van der Waals surface area (Å²) in [7, 11) is 1.86. The van der Waals surface area contributed by atoms with E-state index >= 15 is 0 Å². The molecule has 2 heterocycles. The number of hydrogen-bond donors (Lipinski definition) is 1. The third-order valence-corrected chi connectivity index (χ3v) is 3.24. The summed E-state index contributed by atoms with van der Waals surface area (Å²) < 4.78 is 1.66. The molecule has 1 fully saturated rings. The molecule has 6 nitrogen and oxygen atoms in total. The summed E-state index contributed by atoms with van der Waals surface area (Å²) in [4.78, 5) is 16.1. The second-order valence-electron chi connectivity index (χ2n) is 4.61. The fraction of sp³-hybridized carbons (Fsp3) is 0.667. The molecule has 100 valence electrons. The van der Waals surface area contributed by atoms with Gasteiger partial charge in [0.1, 0.15) is 6.54 Å². The Morgan fingerprint density at radius 2 is 2.22 bits per heavy atom. The average Bonchev–Trinajstić information content (AvgIpc) is 2.90. The van der Waals surface area contributed by atoms with Gasteiger partial charge >= 0.3 is 0 Å². The second kappa shape index (κ2) is 6.51. The highest BCUT2D eigenvalue weighted by atomic mass is 16.2. The van der Waals surface area contributed by atoms with Gasteiger partial charge in [0, 0.05) is 58.7 Å². The van der Waals surface area contributed by atoms with Crippen molar-refractivity contribution >= 4 is 5.91 Å². The smallest absolute Gasteiger partial charge is 0.244 e. The van der Waals surface area contributed by atoms with Crippen LogP contribution in [-0.4, -0.2) is 71.8 Å². The monoisotopic (exact) mass is 251 g/mol. The zero-order valence-corrected chi connectivity index (χ0v) is 10.9. The Kier molecular flexibility index (Phi) is 4.72. The van der Waals surface area contributed by atoms with Crippen LogP contribution in [0.2, 0.25) is 0 Å². The molecule has 0 unspecified atom stereocenters. The Morgan fingerprint density at radius 3 is 2.89 bits per heavy atom. The van der Waals surface area contributed by atoms with Crippen LogP contribution in [0.4, 0.5) is 0 Å². The molecule has 0 spiro atoms. The third-order valence-electron chi connectivity index (χ3n) is 3.24. The van der Waals surface area contributed by atoms with Crippen molar-refractivity contribution in [2.24, 2.45) is 0 Å². The van der Waals surface area contributed by atoms with Crippen molar-refractivity contribution in [1.82, 2.24) is 24.9 Å². The normalized spacial score (nSPS) is 16.7. The first-order valence-corrected chi connectivity index (χ1v) is 6.40. The van der Waals surface area contributed by atoms with Crippen LogP contribution >= 0.6 is 0 Å². The molecule has 18 heavy (non-hydrogen) atoms. The molecule has 1 aliphatic heterocycles. The highest BCUT2D eigenvalue weighted by molar-refractivity contribution is 5.75. The van der Waals surface area contributed by atoms with Crippen LogP contribution in [-0.2, 0) is 11.3 Å². The minimum absolute atomic E-state index is 0.105. The molecule has 1 saturated heterocycles. The molecule has 2 rings (SSSR count). The number of likely N-dealkylation sites (N-methyl/N-ethyl adjacent to an activating group) is 1. The lowest BCUT2D eigenvalue weighted by Gasteiger charge is -2.29. The molecule has 0 atom stereocenters. The first kappa shape index (κ1) is 13.0. The van der Waals surface area contributed by atoms with E-state index in [1.807, 2.05) is 19.3 Å². The van der Waals surface area contributed by atoms with Gasteiger partial charge in [-0.25, -0.2) is 0 Å². The van der Waals surface area contributed by atoms with Crippen molar-refractivity contribution in [3.05, 3.63) is 18.5 Å². The lowest BCUT2D eigenvalue weighted by atomic mass is 10.3. The molecule has 1 amide bonds. The van der Waals surface area contributed by atoms with Crippen molar-refractivity contribution in [3.63, 3.8) is 0 Å². The van der Waals surface area contributed by atoms with Crippen LogP contribution in [0, 0.1) is 0 Å². The van der Waals surface area contributed by atoms with E-state index < -0.39 is 0 Å². The molecule has 1 N–H and O–H groups in total. The summed E-state index contributed by atoms with van der Waals surface area (Å²) in [6.45, 7) is 6.28. The second-order valence-corrected chi connectivity index (χ2v) is 4.61. The van der Waals surface area contributed by atoms with Gasteiger partial charge in [-0.3, -0.25) is 14.4 Å². The van der Waals surface area contributed by atoms with Crippen molar-refractivity contribution in [1.29, 1.82) is 0 Å². The van der Waals surface area contributed by atoms with Crippen LogP contribution in [0.15, 0.2) is 18.5 Å². The van der Waals surface area contributed by atoms with E-state index in [1.54, 1.807) is 15.8 Å². The number of carbonyl (C=O) groups is 1. The molecule has 1 aromatic heterocycles. The third kappa shape index (κ3) is 3.82. The summed E-state index contributed by atoms with van der Waals surface area (Å²) in [5.74, 6) is 0.105. The van der Waals surface area contributed by atoms with Crippen LogP contribution < -0.4 is 5.32 Å². The van der Waals surface area contributed by atoms with Crippen molar-refractivity contribution in [2.45, 2.75) is 6.54 Å². The highest BCUT2D eigenvalue weighted by Crippen LogP contribution is 1.95. The summed E-state index contributed by atoms with van der Waals surface area (Å²) in [5, 5.41) is 7.36. The Morgan fingerprint density at radius 1 is 1.44 bits per heavy atom. The Balaban J connectivity index is 1.70. The molecule has 1 aliphatic rings.